The second kappa shape index (κ2) is 21.2. The standard InChI is InChI=1S/C22H42O5/c1-3-4-5-6-7-8-9-10-11-12-13-14-15-16-22(24)27-20-18-25-17-19-26-21(2)23/h3-20H2,1-2H3. The fraction of sp³-hybridized carbons (Fsp3) is 0.909. The molecule has 160 valence electrons. The summed E-state index contributed by atoms with van der Waals surface area (Å²) in [6.45, 7) is 4.79. The minimum atomic E-state index is -0.317. The van der Waals surface area contributed by atoms with Gasteiger partial charge in [0.05, 0.1) is 13.2 Å². The summed E-state index contributed by atoms with van der Waals surface area (Å²) >= 11 is 0. The summed E-state index contributed by atoms with van der Waals surface area (Å²) in [4.78, 5) is 22.1. The van der Waals surface area contributed by atoms with Crippen LogP contribution >= 0.6 is 0 Å². The molecule has 0 spiro atoms. The molecule has 0 radical (unpaired) electrons. The molecule has 0 atom stereocenters. The molecular formula is C22H42O5. The minimum absolute atomic E-state index is 0.151. The first-order valence-corrected chi connectivity index (χ1v) is 11.0. The molecule has 0 unspecified atom stereocenters. The Labute approximate surface area is 166 Å². The second-order valence-electron chi connectivity index (χ2n) is 7.17. The highest BCUT2D eigenvalue weighted by Crippen LogP contribution is 2.13. The highest BCUT2D eigenvalue weighted by Gasteiger charge is 2.02. The number of hydrogen-bond donors (Lipinski definition) is 0. The summed E-state index contributed by atoms with van der Waals surface area (Å²) in [5, 5.41) is 0. The third kappa shape index (κ3) is 22.9. The van der Waals surface area contributed by atoms with E-state index in [0.29, 0.717) is 19.6 Å². The van der Waals surface area contributed by atoms with Gasteiger partial charge in [-0.15, -0.1) is 0 Å². The van der Waals surface area contributed by atoms with Gasteiger partial charge in [0.2, 0.25) is 0 Å². The zero-order valence-corrected chi connectivity index (χ0v) is 17.8. The van der Waals surface area contributed by atoms with E-state index < -0.39 is 0 Å². The molecule has 0 heterocycles. The Morgan fingerprint density at radius 2 is 1.04 bits per heavy atom. The maximum atomic E-state index is 11.6. The number of esters is 2. The molecule has 0 saturated carbocycles. The summed E-state index contributed by atoms with van der Waals surface area (Å²) in [7, 11) is 0. The van der Waals surface area contributed by atoms with Crippen molar-refractivity contribution in [2.75, 3.05) is 26.4 Å². The van der Waals surface area contributed by atoms with Crippen LogP contribution in [0.5, 0.6) is 0 Å². The van der Waals surface area contributed by atoms with Gasteiger partial charge >= 0.3 is 11.9 Å². The number of ether oxygens (including phenoxy) is 3. The molecule has 0 saturated heterocycles. The van der Waals surface area contributed by atoms with Crippen LogP contribution in [0, 0.1) is 0 Å². The van der Waals surface area contributed by atoms with Crippen molar-refractivity contribution in [2.24, 2.45) is 0 Å². The molecule has 27 heavy (non-hydrogen) atoms. The fourth-order valence-corrected chi connectivity index (χ4v) is 2.92. The second-order valence-corrected chi connectivity index (χ2v) is 7.17. The SMILES string of the molecule is CCCCCCCCCCCCCCCC(=O)OCCOCCOC(C)=O. The Bertz CT molecular complexity index is 344. The van der Waals surface area contributed by atoms with Crippen LogP contribution in [0.1, 0.15) is 104 Å². The van der Waals surface area contributed by atoms with Gasteiger partial charge in [0.25, 0.3) is 0 Å². The van der Waals surface area contributed by atoms with E-state index in [9.17, 15) is 9.59 Å². The van der Waals surface area contributed by atoms with Crippen molar-refractivity contribution in [3.8, 4) is 0 Å². The van der Waals surface area contributed by atoms with Crippen molar-refractivity contribution in [3.05, 3.63) is 0 Å². The number of carbonyl (C=O) groups is 2. The average molecular weight is 387 g/mol. The molecule has 0 aromatic rings. The highest BCUT2D eigenvalue weighted by molar-refractivity contribution is 5.69. The van der Waals surface area contributed by atoms with Crippen LogP contribution in [0.4, 0.5) is 0 Å². The zero-order valence-electron chi connectivity index (χ0n) is 17.8. The highest BCUT2D eigenvalue weighted by atomic mass is 16.6. The number of hydrogen-bond acceptors (Lipinski definition) is 5. The molecule has 5 nitrogen and oxygen atoms in total. The first kappa shape index (κ1) is 25.9. The third-order valence-corrected chi connectivity index (χ3v) is 4.51. The van der Waals surface area contributed by atoms with Crippen LogP contribution in [0.3, 0.4) is 0 Å². The first-order chi connectivity index (χ1) is 13.2. The summed E-state index contributed by atoms with van der Waals surface area (Å²) in [5.74, 6) is -0.468. The van der Waals surface area contributed by atoms with Crippen LogP contribution in [0.25, 0.3) is 0 Å². The molecular weight excluding hydrogens is 344 g/mol. The van der Waals surface area contributed by atoms with Gasteiger partial charge in [-0.05, 0) is 6.42 Å². The quantitative estimate of drug-likeness (QED) is 0.202. The number of unbranched alkanes of at least 4 members (excludes halogenated alkanes) is 12. The fourth-order valence-electron chi connectivity index (χ4n) is 2.92. The minimum Gasteiger partial charge on any atom is -0.463 e. The van der Waals surface area contributed by atoms with E-state index in [1.165, 1.54) is 77.6 Å². The van der Waals surface area contributed by atoms with Crippen LogP contribution in [-0.4, -0.2) is 38.4 Å². The Balaban J connectivity index is 3.15. The monoisotopic (exact) mass is 386 g/mol. The van der Waals surface area contributed by atoms with Crippen molar-refractivity contribution in [1.82, 2.24) is 0 Å². The van der Waals surface area contributed by atoms with E-state index in [1.54, 1.807) is 0 Å². The van der Waals surface area contributed by atoms with Gasteiger partial charge in [0.1, 0.15) is 13.2 Å². The normalized spacial score (nSPS) is 10.7. The van der Waals surface area contributed by atoms with Gasteiger partial charge < -0.3 is 14.2 Å². The van der Waals surface area contributed by atoms with Gasteiger partial charge in [0, 0.05) is 13.3 Å². The van der Waals surface area contributed by atoms with Crippen molar-refractivity contribution >= 4 is 11.9 Å². The molecule has 0 N–H and O–H groups in total. The van der Waals surface area contributed by atoms with Crippen LogP contribution in [0.2, 0.25) is 0 Å². The molecule has 0 bridgehead atoms. The van der Waals surface area contributed by atoms with E-state index in [0.717, 1.165) is 12.8 Å². The van der Waals surface area contributed by atoms with E-state index in [-0.39, 0.29) is 25.2 Å². The molecule has 0 fully saturated rings. The lowest BCUT2D eigenvalue weighted by Gasteiger charge is -2.06. The largest absolute Gasteiger partial charge is 0.463 e. The predicted molar refractivity (Wildman–Crippen MR) is 109 cm³/mol. The molecule has 0 aliphatic carbocycles. The Hall–Kier alpha value is -1.10. The molecule has 0 rings (SSSR count). The summed E-state index contributed by atoms with van der Waals surface area (Å²) in [6.07, 6.45) is 17.4. The van der Waals surface area contributed by atoms with Crippen molar-refractivity contribution in [3.63, 3.8) is 0 Å². The van der Waals surface area contributed by atoms with E-state index in [4.69, 9.17) is 14.2 Å². The summed E-state index contributed by atoms with van der Waals surface area (Å²) in [6, 6.07) is 0. The van der Waals surface area contributed by atoms with Crippen molar-refractivity contribution in [1.29, 1.82) is 0 Å². The number of rotatable bonds is 20. The topological polar surface area (TPSA) is 61.8 Å². The maximum absolute atomic E-state index is 11.6. The van der Waals surface area contributed by atoms with Crippen LogP contribution in [-0.2, 0) is 23.8 Å². The first-order valence-electron chi connectivity index (χ1n) is 11.0. The van der Waals surface area contributed by atoms with Crippen LogP contribution in [0.15, 0.2) is 0 Å². The number of carbonyl (C=O) groups excluding carboxylic acids is 2. The zero-order chi connectivity index (χ0) is 20.0. The van der Waals surface area contributed by atoms with Gasteiger partial charge in [-0.3, -0.25) is 9.59 Å². The van der Waals surface area contributed by atoms with E-state index >= 15 is 0 Å². The predicted octanol–water partition coefficient (Wildman–Crippen LogP) is 5.59. The molecule has 0 amide bonds. The van der Waals surface area contributed by atoms with Crippen molar-refractivity contribution < 1.29 is 23.8 Å². The lowest BCUT2D eigenvalue weighted by Crippen LogP contribution is -2.13. The van der Waals surface area contributed by atoms with Gasteiger partial charge in [-0.2, -0.15) is 0 Å². The molecule has 0 aromatic carbocycles. The Morgan fingerprint density at radius 3 is 1.52 bits per heavy atom. The Morgan fingerprint density at radius 1 is 0.593 bits per heavy atom. The summed E-state index contributed by atoms with van der Waals surface area (Å²) in [5.41, 5.74) is 0. The lowest BCUT2D eigenvalue weighted by molar-refractivity contribution is -0.145. The smallest absolute Gasteiger partial charge is 0.305 e. The lowest BCUT2D eigenvalue weighted by atomic mass is 10.0. The van der Waals surface area contributed by atoms with Crippen LogP contribution < -0.4 is 0 Å². The molecule has 5 heteroatoms. The average Bonchev–Trinajstić information content (AvgIpc) is 2.64. The van der Waals surface area contributed by atoms with E-state index in [1.807, 2.05) is 0 Å². The maximum Gasteiger partial charge on any atom is 0.305 e. The summed E-state index contributed by atoms with van der Waals surface area (Å²) < 4.78 is 15.0. The van der Waals surface area contributed by atoms with E-state index in [2.05, 4.69) is 6.92 Å². The van der Waals surface area contributed by atoms with Gasteiger partial charge in [-0.25, -0.2) is 0 Å². The Kier molecular flexibility index (Phi) is 20.3. The third-order valence-electron chi connectivity index (χ3n) is 4.51. The van der Waals surface area contributed by atoms with Gasteiger partial charge in [-0.1, -0.05) is 84.0 Å². The molecule has 0 aliphatic heterocycles. The molecule has 0 aliphatic rings. The van der Waals surface area contributed by atoms with Crippen molar-refractivity contribution in [2.45, 2.75) is 104 Å². The van der Waals surface area contributed by atoms with Gasteiger partial charge in [0.15, 0.2) is 0 Å². The molecule has 0 aromatic heterocycles.